The van der Waals surface area contributed by atoms with Crippen LogP contribution >= 0.6 is 27.3 Å². The van der Waals surface area contributed by atoms with Gasteiger partial charge in [0.05, 0.1) is 6.54 Å². The molecule has 0 radical (unpaired) electrons. The molecule has 2 heterocycles. The zero-order valence-electron chi connectivity index (χ0n) is 10.9. The number of likely N-dealkylation sites (N-methyl/N-ethyl adjacent to an activating group) is 1. The zero-order valence-corrected chi connectivity index (χ0v) is 13.3. The summed E-state index contributed by atoms with van der Waals surface area (Å²) in [6, 6.07) is 4.86. The van der Waals surface area contributed by atoms with Gasteiger partial charge in [-0.25, -0.2) is 0 Å². The average Bonchev–Trinajstić information content (AvgIpc) is 2.79. The van der Waals surface area contributed by atoms with E-state index in [0.717, 1.165) is 9.35 Å². The Labute approximate surface area is 128 Å². The molecule has 0 aliphatic carbocycles. The second kappa shape index (κ2) is 6.23. The minimum Gasteiger partial charge on any atom is -0.398 e. The van der Waals surface area contributed by atoms with Gasteiger partial charge in [0.1, 0.15) is 6.54 Å². The number of hydrogen-bond acceptors (Lipinski definition) is 4. The van der Waals surface area contributed by atoms with Crippen LogP contribution in [0.25, 0.3) is 0 Å². The lowest BCUT2D eigenvalue weighted by Crippen LogP contribution is -2.33. The Kier molecular flexibility index (Phi) is 4.61. The molecule has 1 amide bonds. The van der Waals surface area contributed by atoms with Gasteiger partial charge in [-0.15, -0.1) is 11.3 Å². The third kappa shape index (κ3) is 3.71. The van der Waals surface area contributed by atoms with Crippen LogP contribution in [0.2, 0.25) is 0 Å². The Morgan fingerprint density at radius 3 is 2.90 bits per heavy atom. The topological polar surface area (TPSA) is 68.3 Å². The molecule has 0 unspecified atom stereocenters. The molecular weight excluding hydrogens is 342 g/mol. The number of aromatic nitrogens is 1. The molecule has 20 heavy (non-hydrogen) atoms. The number of nitrogens with zero attached hydrogens (tertiary/aromatic N) is 2. The first-order chi connectivity index (χ1) is 9.45. The van der Waals surface area contributed by atoms with Gasteiger partial charge in [0.15, 0.2) is 0 Å². The lowest BCUT2D eigenvalue weighted by molar-refractivity contribution is -0.131. The largest absolute Gasteiger partial charge is 0.398 e. The number of nitrogens with two attached hydrogens (primary N) is 1. The van der Waals surface area contributed by atoms with Crippen molar-refractivity contribution >= 4 is 38.9 Å². The molecule has 0 fully saturated rings. The first-order valence-electron chi connectivity index (χ1n) is 5.88. The molecule has 2 rings (SSSR count). The normalized spacial score (nSPS) is 10.5. The summed E-state index contributed by atoms with van der Waals surface area (Å²) in [5.74, 6) is -0.137. The summed E-state index contributed by atoms with van der Waals surface area (Å²) in [6.07, 6.45) is 1.48. The maximum absolute atomic E-state index is 12.1. The van der Waals surface area contributed by atoms with Crippen molar-refractivity contribution in [2.24, 2.45) is 0 Å². The lowest BCUT2D eigenvalue weighted by atomic mass is 10.4. The first kappa shape index (κ1) is 14.8. The molecule has 0 bridgehead atoms. The first-order valence-corrected chi connectivity index (χ1v) is 7.56. The van der Waals surface area contributed by atoms with E-state index in [1.165, 1.54) is 22.9 Å². The Morgan fingerprint density at radius 1 is 1.50 bits per heavy atom. The summed E-state index contributed by atoms with van der Waals surface area (Å²) in [7, 11) is 1.72. The predicted molar refractivity (Wildman–Crippen MR) is 83.6 cm³/mol. The average molecular weight is 356 g/mol. The van der Waals surface area contributed by atoms with Crippen LogP contribution in [0.4, 0.5) is 5.69 Å². The van der Waals surface area contributed by atoms with Gasteiger partial charge in [-0.3, -0.25) is 9.59 Å². The third-order valence-electron chi connectivity index (χ3n) is 2.75. The molecule has 7 heteroatoms. The second-order valence-corrected chi connectivity index (χ2v) is 6.32. The van der Waals surface area contributed by atoms with Gasteiger partial charge in [0.2, 0.25) is 5.91 Å². The molecule has 5 nitrogen and oxygen atoms in total. The van der Waals surface area contributed by atoms with E-state index in [1.807, 2.05) is 11.4 Å². The molecule has 0 saturated heterocycles. The molecule has 0 aromatic carbocycles. The number of anilines is 1. The summed E-state index contributed by atoms with van der Waals surface area (Å²) in [5, 5.41) is 1.97. The Balaban J connectivity index is 2.04. The minimum absolute atomic E-state index is 0.00703. The van der Waals surface area contributed by atoms with Crippen molar-refractivity contribution in [2.75, 3.05) is 12.8 Å². The van der Waals surface area contributed by atoms with Crippen LogP contribution in [-0.2, 0) is 17.9 Å². The molecule has 0 aliphatic heterocycles. The number of carbonyl (C=O) groups excluding carboxylic acids is 1. The maximum Gasteiger partial charge on any atom is 0.251 e. The van der Waals surface area contributed by atoms with E-state index in [4.69, 9.17) is 5.73 Å². The fourth-order valence-corrected chi connectivity index (χ4v) is 3.20. The summed E-state index contributed by atoms with van der Waals surface area (Å²) in [5.41, 5.74) is 5.84. The van der Waals surface area contributed by atoms with Gasteiger partial charge in [-0.1, -0.05) is 0 Å². The van der Waals surface area contributed by atoms with Crippen LogP contribution in [0, 0.1) is 0 Å². The van der Waals surface area contributed by atoms with Gasteiger partial charge < -0.3 is 15.2 Å². The SMILES string of the molecule is CN(Cc1cc(Br)cs1)C(=O)Cn1cc(N)ccc1=O. The number of carbonyl (C=O) groups is 1. The standard InChI is InChI=1S/C13H14BrN3O2S/c1-16(6-11-4-9(14)8-20-11)13(19)7-17-5-10(15)2-3-12(17)18/h2-5,8H,6-7,15H2,1H3. The Bertz CT molecular complexity index is 680. The molecular formula is C13H14BrN3O2S. The molecule has 0 spiro atoms. The quantitative estimate of drug-likeness (QED) is 0.910. The van der Waals surface area contributed by atoms with Crippen molar-refractivity contribution in [3.8, 4) is 0 Å². The van der Waals surface area contributed by atoms with E-state index < -0.39 is 0 Å². The third-order valence-corrected chi connectivity index (χ3v) is 4.43. The Hall–Kier alpha value is -1.60. The molecule has 0 aliphatic rings. The number of hydrogen-bond donors (Lipinski definition) is 1. The van der Waals surface area contributed by atoms with Crippen molar-refractivity contribution in [3.05, 3.63) is 49.5 Å². The predicted octanol–water partition coefficient (Wildman–Crippen LogP) is 1.91. The molecule has 106 valence electrons. The van der Waals surface area contributed by atoms with E-state index in [9.17, 15) is 9.59 Å². The van der Waals surface area contributed by atoms with Crippen LogP contribution in [0.15, 0.2) is 39.0 Å². The number of nitrogen functional groups attached to an aromatic ring is 1. The molecule has 2 N–H and O–H groups in total. The van der Waals surface area contributed by atoms with Gasteiger partial charge in [-0.2, -0.15) is 0 Å². The fourth-order valence-electron chi connectivity index (χ4n) is 1.70. The van der Waals surface area contributed by atoms with Crippen LogP contribution in [0.5, 0.6) is 0 Å². The van der Waals surface area contributed by atoms with E-state index >= 15 is 0 Å². The number of halogens is 1. The number of thiophene rings is 1. The highest BCUT2D eigenvalue weighted by molar-refractivity contribution is 9.10. The zero-order chi connectivity index (χ0) is 14.7. The van der Waals surface area contributed by atoms with E-state index in [0.29, 0.717) is 12.2 Å². The van der Waals surface area contributed by atoms with Crippen LogP contribution < -0.4 is 11.3 Å². The monoisotopic (exact) mass is 355 g/mol. The minimum atomic E-state index is -0.236. The summed E-state index contributed by atoms with van der Waals surface area (Å²) in [6.45, 7) is 0.513. The molecule has 2 aromatic heterocycles. The van der Waals surface area contributed by atoms with Crippen molar-refractivity contribution in [2.45, 2.75) is 13.1 Å². The Morgan fingerprint density at radius 2 is 2.25 bits per heavy atom. The summed E-state index contributed by atoms with van der Waals surface area (Å²) >= 11 is 4.96. The number of pyridine rings is 1. The molecule has 2 aromatic rings. The summed E-state index contributed by atoms with van der Waals surface area (Å²) < 4.78 is 2.32. The van der Waals surface area contributed by atoms with Gasteiger partial charge in [0, 0.05) is 39.7 Å². The van der Waals surface area contributed by atoms with E-state index in [1.54, 1.807) is 23.3 Å². The highest BCUT2D eigenvalue weighted by Gasteiger charge is 2.12. The summed E-state index contributed by atoms with van der Waals surface area (Å²) in [4.78, 5) is 26.4. The van der Waals surface area contributed by atoms with Crippen LogP contribution in [0.3, 0.4) is 0 Å². The van der Waals surface area contributed by atoms with Crippen LogP contribution in [-0.4, -0.2) is 22.4 Å². The van der Waals surface area contributed by atoms with Gasteiger partial charge in [-0.05, 0) is 28.1 Å². The van der Waals surface area contributed by atoms with Crippen molar-refractivity contribution < 1.29 is 4.79 Å². The lowest BCUT2D eigenvalue weighted by Gasteiger charge is -2.17. The number of rotatable bonds is 4. The molecule has 0 atom stereocenters. The van der Waals surface area contributed by atoms with Gasteiger partial charge in [0.25, 0.3) is 5.56 Å². The number of amides is 1. The highest BCUT2D eigenvalue weighted by atomic mass is 79.9. The second-order valence-electron chi connectivity index (χ2n) is 4.41. The van der Waals surface area contributed by atoms with Crippen molar-refractivity contribution in [1.82, 2.24) is 9.47 Å². The van der Waals surface area contributed by atoms with Crippen molar-refractivity contribution in [1.29, 1.82) is 0 Å². The smallest absolute Gasteiger partial charge is 0.251 e. The van der Waals surface area contributed by atoms with Crippen molar-refractivity contribution in [3.63, 3.8) is 0 Å². The molecule has 0 saturated carbocycles. The van der Waals surface area contributed by atoms with E-state index in [2.05, 4.69) is 15.9 Å². The van der Waals surface area contributed by atoms with Gasteiger partial charge >= 0.3 is 0 Å². The highest BCUT2D eigenvalue weighted by Crippen LogP contribution is 2.20. The van der Waals surface area contributed by atoms with Crippen LogP contribution in [0.1, 0.15) is 4.88 Å². The maximum atomic E-state index is 12.1. The fraction of sp³-hybridized carbons (Fsp3) is 0.231. The van der Waals surface area contributed by atoms with E-state index in [-0.39, 0.29) is 18.0 Å².